The molecule has 2 atom stereocenters. The molecule has 0 spiro atoms. The molecule has 2 aromatic rings. The van der Waals surface area contributed by atoms with E-state index in [1.807, 2.05) is 26.0 Å². The number of primary amides is 1. The van der Waals surface area contributed by atoms with E-state index in [1.54, 1.807) is 6.07 Å². The second kappa shape index (κ2) is 7.81. The molecule has 26 heavy (non-hydrogen) atoms. The zero-order valence-electron chi connectivity index (χ0n) is 15.3. The third-order valence-corrected chi connectivity index (χ3v) is 5.13. The molecule has 1 aliphatic rings. The number of nitrogens with two attached hydrogens (primary N) is 1. The van der Waals surface area contributed by atoms with E-state index in [2.05, 4.69) is 5.32 Å². The number of ether oxygens (including phenoxy) is 1. The van der Waals surface area contributed by atoms with Crippen LogP contribution in [0, 0.1) is 5.92 Å². The molecule has 0 saturated carbocycles. The maximum absolute atomic E-state index is 12.1. The van der Waals surface area contributed by atoms with Gasteiger partial charge in [0.15, 0.2) is 6.61 Å². The molecule has 6 heteroatoms. The summed E-state index contributed by atoms with van der Waals surface area (Å²) >= 11 is 0. The van der Waals surface area contributed by atoms with Gasteiger partial charge in [0.05, 0.1) is 0 Å². The highest BCUT2D eigenvalue weighted by atomic mass is 16.5. The number of rotatable bonds is 7. The van der Waals surface area contributed by atoms with Crippen LogP contribution in [-0.2, 0) is 22.4 Å². The Morgan fingerprint density at radius 2 is 2.08 bits per heavy atom. The highest BCUT2D eigenvalue weighted by Gasteiger charge is 2.24. The first-order valence-corrected chi connectivity index (χ1v) is 9.25. The lowest BCUT2D eigenvalue weighted by Crippen LogP contribution is -2.49. The van der Waals surface area contributed by atoms with Crippen molar-refractivity contribution in [2.45, 2.75) is 52.0 Å². The second-order valence-electron chi connectivity index (χ2n) is 6.99. The van der Waals surface area contributed by atoms with Gasteiger partial charge in [-0.1, -0.05) is 20.3 Å². The number of amides is 2. The topological polar surface area (TPSA) is 94.6 Å². The van der Waals surface area contributed by atoms with Gasteiger partial charge in [0, 0.05) is 17.4 Å². The fourth-order valence-corrected chi connectivity index (χ4v) is 3.43. The Kier molecular flexibility index (Phi) is 5.49. The van der Waals surface area contributed by atoms with Gasteiger partial charge in [-0.05, 0) is 43.4 Å². The molecule has 1 heterocycles. The van der Waals surface area contributed by atoms with Crippen molar-refractivity contribution in [2.24, 2.45) is 11.7 Å². The van der Waals surface area contributed by atoms with Crippen molar-refractivity contribution < 1.29 is 18.7 Å². The molecule has 1 aromatic heterocycles. The SMILES string of the molecule is CCC(C)C(NC(=O)COc1ccc2oc3c(c2c1)CCCC3)C(N)=O. The normalized spacial score (nSPS) is 15.9. The van der Waals surface area contributed by atoms with Crippen molar-refractivity contribution in [3.05, 3.63) is 29.5 Å². The number of carbonyl (C=O) groups excluding carboxylic acids is 2. The highest BCUT2D eigenvalue weighted by molar-refractivity contribution is 5.87. The first-order valence-electron chi connectivity index (χ1n) is 9.25. The Morgan fingerprint density at radius 1 is 1.31 bits per heavy atom. The largest absolute Gasteiger partial charge is 0.484 e. The summed E-state index contributed by atoms with van der Waals surface area (Å²) in [5, 5.41) is 3.72. The summed E-state index contributed by atoms with van der Waals surface area (Å²) in [4.78, 5) is 23.7. The van der Waals surface area contributed by atoms with Crippen LogP contribution in [0.1, 0.15) is 44.4 Å². The molecule has 3 N–H and O–H groups in total. The molecule has 1 aromatic carbocycles. The van der Waals surface area contributed by atoms with Gasteiger partial charge in [0.2, 0.25) is 5.91 Å². The van der Waals surface area contributed by atoms with Crippen molar-refractivity contribution in [2.75, 3.05) is 6.61 Å². The summed E-state index contributed by atoms with van der Waals surface area (Å²) in [7, 11) is 0. The van der Waals surface area contributed by atoms with Crippen molar-refractivity contribution in [3.63, 3.8) is 0 Å². The van der Waals surface area contributed by atoms with E-state index in [4.69, 9.17) is 14.9 Å². The van der Waals surface area contributed by atoms with Gasteiger partial charge in [0.25, 0.3) is 5.91 Å². The fourth-order valence-electron chi connectivity index (χ4n) is 3.43. The van der Waals surface area contributed by atoms with Crippen LogP contribution in [0.25, 0.3) is 11.0 Å². The van der Waals surface area contributed by atoms with Crippen LogP contribution >= 0.6 is 0 Å². The van der Waals surface area contributed by atoms with E-state index >= 15 is 0 Å². The van der Waals surface area contributed by atoms with Gasteiger partial charge in [0.1, 0.15) is 23.1 Å². The summed E-state index contributed by atoms with van der Waals surface area (Å²) in [5.41, 5.74) is 7.50. The fraction of sp³-hybridized carbons (Fsp3) is 0.500. The van der Waals surface area contributed by atoms with E-state index in [0.29, 0.717) is 5.75 Å². The predicted molar refractivity (Wildman–Crippen MR) is 98.9 cm³/mol. The maximum atomic E-state index is 12.1. The lowest BCUT2D eigenvalue weighted by molar-refractivity contribution is -0.129. The number of furan rings is 1. The summed E-state index contributed by atoms with van der Waals surface area (Å²) in [6.45, 7) is 3.67. The zero-order valence-corrected chi connectivity index (χ0v) is 15.3. The van der Waals surface area contributed by atoms with Gasteiger partial charge in [-0.25, -0.2) is 0 Å². The Labute approximate surface area is 153 Å². The van der Waals surface area contributed by atoms with E-state index in [9.17, 15) is 9.59 Å². The Bertz CT molecular complexity index is 811. The van der Waals surface area contributed by atoms with Crippen molar-refractivity contribution >= 4 is 22.8 Å². The van der Waals surface area contributed by atoms with Crippen LogP contribution in [-0.4, -0.2) is 24.5 Å². The molecule has 0 aliphatic heterocycles. The van der Waals surface area contributed by atoms with E-state index in [0.717, 1.165) is 42.4 Å². The zero-order chi connectivity index (χ0) is 18.7. The van der Waals surface area contributed by atoms with Crippen LogP contribution in [0.3, 0.4) is 0 Å². The molecule has 0 radical (unpaired) electrons. The Morgan fingerprint density at radius 3 is 2.81 bits per heavy atom. The summed E-state index contributed by atoms with van der Waals surface area (Å²) in [5.74, 6) is 0.771. The molecular weight excluding hydrogens is 332 g/mol. The third kappa shape index (κ3) is 3.84. The highest BCUT2D eigenvalue weighted by Crippen LogP contribution is 2.33. The van der Waals surface area contributed by atoms with Crippen LogP contribution < -0.4 is 15.8 Å². The minimum absolute atomic E-state index is 0.0229. The average molecular weight is 358 g/mol. The van der Waals surface area contributed by atoms with Crippen molar-refractivity contribution in [1.82, 2.24) is 5.32 Å². The lowest BCUT2D eigenvalue weighted by atomic mass is 9.96. The van der Waals surface area contributed by atoms with Crippen LogP contribution in [0.5, 0.6) is 5.75 Å². The minimum atomic E-state index is -0.681. The van der Waals surface area contributed by atoms with E-state index in [1.165, 1.54) is 12.0 Å². The predicted octanol–water partition coefficient (Wildman–Crippen LogP) is 2.71. The molecule has 140 valence electrons. The first kappa shape index (κ1) is 18.3. The quantitative estimate of drug-likeness (QED) is 0.795. The molecule has 0 bridgehead atoms. The molecule has 2 unspecified atom stereocenters. The van der Waals surface area contributed by atoms with E-state index in [-0.39, 0.29) is 18.4 Å². The van der Waals surface area contributed by atoms with E-state index < -0.39 is 11.9 Å². The molecular formula is C20H26N2O4. The molecule has 3 rings (SSSR count). The summed E-state index contributed by atoms with van der Waals surface area (Å²) in [6, 6.07) is 4.92. The number of hydrogen-bond acceptors (Lipinski definition) is 4. The number of hydrogen-bond donors (Lipinski definition) is 2. The summed E-state index contributed by atoms with van der Waals surface area (Å²) < 4.78 is 11.5. The second-order valence-corrected chi connectivity index (χ2v) is 6.99. The Balaban J connectivity index is 1.65. The molecule has 6 nitrogen and oxygen atoms in total. The third-order valence-electron chi connectivity index (χ3n) is 5.13. The molecule has 0 fully saturated rings. The number of fused-ring (bicyclic) bond motifs is 3. The standard InChI is InChI=1S/C20H26N2O4/c1-3-12(2)19(20(21)24)22-18(23)11-25-13-8-9-17-15(10-13)14-6-4-5-7-16(14)26-17/h8-10,12,19H,3-7,11H2,1-2H3,(H2,21,24)(H,22,23). The Hall–Kier alpha value is -2.50. The number of nitrogens with one attached hydrogen (secondary N) is 1. The van der Waals surface area contributed by atoms with Crippen LogP contribution in [0.2, 0.25) is 0 Å². The van der Waals surface area contributed by atoms with Crippen molar-refractivity contribution in [3.8, 4) is 5.75 Å². The van der Waals surface area contributed by atoms with Crippen molar-refractivity contribution in [1.29, 1.82) is 0 Å². The number of benzene rings is 1. The monoisotopic (exact) mass is 358 g/mol. The van der Waals surface area contributed by atoms with Gasteiger partial charge < -0.3 is 20.2 Å². The minimum Gasteiger partial charge on any atom is -0.484 e. The molecule has 2 amide bonds. The van der Waals surface area contributed by atoms with Gasteiger partial charge >= 0.3 is 0 Å². The van der Waals surface area contributed by atoms with Gasteiger partial charge in [-0.2, -0.15) is 0 Å². The lowest BCUT2D eigenvalue weighted by Gasteiger charge is -2.21. The molecule has 1 aliphatic carbocycles. The average Bonchev–Trinajstić information content (AvgIpc) is 3.01. The van der Waals surface area contributed by atoms with Crippen LogP contribution in [0.4, 0.5) is 0 Å². The first-order chi connectivity index (χ1) is 12.5. The molecule has 0 saturated heterocycles. The summed E-state index contributed by atoms with van der Waals surface area (Å²) in [6.07, 6.45) is 5.07. The van der Waals surface area contributed by atoms with Crippen LogP contribution in [0.15, 0.2) is 22.6 Å². The van der Waals surface area contributed by atoms with Gasteiger partial charge in [-0.3, -0.25) is 9.59 Å². The van der Waals surface area contributed by atoms with Gasteiger partial charge in [-0.15, -0.1) is 0 Å². The number of carbonyl (C=O) groups is 2. The maximum Gasteiger partial charge on any atom is 0.258 e. The number of aryl methyl sites for hydroxylation is 2. The smallest absolute Gasteiger partial charge is 0.258 e.